The highest BCUT2D eigenvalue weighted by Gasteiger charge is 2.21. The highest BCUT2D eigenvalue weighted by Crippen LogP contribution is 2.29. The second kappa shape index (κ2) is 5.09. The molecule has 0 aliphatic carbocycles. The summed E-state index contributed by atoms with van der Waals surface area (Å²) in [4.78, 5) is 11.3. The van der Waals surface area contributed by atoms with Crippen LogP contribution >= 0.6 is 0 Å². The van der Waals surface area contributed by atoms with E-state index in [0.717, 1.165) is 5.56 Å². The molecular formula is C14H13NO. The average Bonchev–Trinajstić information content (AvgIpc) is 2.30. The largest absolute Gasteiger partial charge is 0.295 e. The Bertz CT molecular complexity index is 465. The fraction of sp³-hybridized carbons (Fsp3) is 0.143. The summed E-state index contributed by atoms with van der Waals surface area (Å²) in [6.45, 7) is 8.87. The number of Topliss-reactive ketones (excluding diaryl/α,β-unsaturated/α-hetero) is 1. The molecule has 80 valence electrons. The van der Waals surface area contributed by atoms with Gasteiger partial charge >= 0.3 is 0 Å². The van der Waals surface area contributed by atoms with E-state index < -0.39 is 5.92 Å². The number of carbonyl (C=O) groups excluding carboxylic acids is 1. The van der Waals surface area contributed by atoms with Gasteiger partial charge in [-0.3, -0.25) is 4.79 Å². The van der Waals surface area contributed by atoms with Crippen molar-refractivity contribution in [3.05, 3.63) is 60.2 Å². The van der Waals surface area contributed by atoms with Crippen LogP contribution in [0.15, 0.2) is 54.6 Å². The van der Waals surface area contributed by atoms with Gasteiger partial charge < -0.3 is 0 Å². The first-order valence-corrected chi connectivity index (χ1v) is 4.91. The maximum absolute atomic E-state index is 11.3. The number of rotatable bonds is 4. The van der Waals surface area contributed by atoms with Crippen molar-refractivity contribution < 1.29 is 4.79 Å². The van der Waals surface area contributed by atoms with Gasteiger partial charge in [0.1, 0.15) is 0 Å². The molecule has 2 nitrogen and oxygen atoms in total. The van der Waals surface area contributed by atoms with Crippen molar-refractivity contribution in [3.8, 4) is 6.07 Å². The summed E-state index contributed by atoms with van der Waals surface area (Å²) in [5.74, 6) is -0.519. The number of ketones is 1. The molecule has 1 unspecified atom stereocenters. The molecule has 2 heteroatoms. The van der Waals surface area contributed by atoms with E-state index in [1.165, 1.54) is 6.92 Å². The molecule has 0 radical (unpaired) electrons. The van der Waals surface area contributed by atoms with Crippen molar-refractivity contribution in [1.82, 2.24) is 0 Å². The number of benzene rings is 1. The van der Waals surface area contributed by atoms with Gasteiger partial charge in [0.25, 0.3) is 0 Å². The van der Waals surface area contributed by atoms with E-state index in [0.29, 0.717) is 11.1 Å². The number of nitriles is 1. The highest BCUT2D eigenvalue weighted by atomic mass is 16.1. The lowest BCUT2D eigenvalue weighted by Gasteiger charge is -2.16. The molecule has 0 spiro atoms. The van der Waals surface area contributed by atoms with E-state index >= 15 is 0 Å². The Balaban J connectivity index is 3.18. The lowest BCUT2D eigenvalue weighted by molar-refractivity contribution is -0.113. The molecule has 1 rings (SSSR count). The molecule has 0 saturated heterocycles. The second-order valence-electron chi connectivity index (χ2n) is 3.56. The number of nitrogens with zero attached hydrogens (tertiary/aromatic N) is 1. The van der Waals surface area contributed by atoms with E-state index in [2.05, 4.69) is 13.2 Å². The molecule has 16 heavy (non-hydrogen) atoms. The van der Waals surface area contributed by atoms with Gasteiger partial charge in [0.15, 0.2) is 5.78 Å². The monoisotopic (exact) mass is 211 g/mol. The summed E-state index contributed by atoms with van der Waals surface area (Å²) in [6, 6.07) is 11.3. The third-order valence-electron chi connectivity index (χ3n) is 2.43. The summed E-state index contributed by atoms with van der Waals surface area (Å²) >= 11 is 0. The Hall–Kier alpha value is -2.14. The van der Waals surface area contributed by atoms with Crippen LogP contribution in [0.1, 0.15) is 18.4 Å². The van der Waals surface area contributed by atoms with Crippen LogP contribution in [0.3, 0.4) is 0 Å². The summed E-state index contributed by atoms with van der Waals surface area (Å²) in [5, 5.41) is 8.90. The molecule has 1 atom stereocenters. The Morgan fingerprint density at radius 3 is 2.31 bits per heavy atom. The first kappa shape index (κ1) is 11.9. The summed E-state index contributed by atoms with van der Waals surface area (Å²) in [6.07, 6.45) is 0. The molecule has 0 aliphatic heterocycles. The zero-order valence-electron chi connectivity index (χ0n) is 9.23. The van der Waals surface area contributed by atoms with Gasteiger partial charge in [-0.05, 0) is 12.5 Å². The Labute approximate surface area is 95.5 Å². The van der Waals surface area contributed by atoms with Crippen LogP contribution in [0, 0.1) is 11.3 Å². The van der Waals surface area contributed by atoms with Gasteiger partial charge in [-0.25, -0.2) is 0 Å². The van der Waals surface area contributed by atoms with Gasteiger partial charge in [-0.1, -0.05) is 43.5 Å². The van der Waals surface area contributed by atoms with E-state index in [-0.39, 0.29) is 5.78 Å². The standard InChI is InChI=1S/C14H13NO/c1-10(9-15)14(11(2)12(3)16)13-7-5-4-6-8-13/h4-8,14H,1-2H2,3H3. The van der Waals surface area contributed by atoms with Gasteiger partial charge in [-0.2, -0.15) is 5.26 Å². The minimum Gasteiger partial charge on any atom is -0.295 e. The van der Waals surface area contributed by atoms with Crippen LogP contribution < -0.4 is 0 Å². The minimum atomic E-state index is -0.399. The zero-order chi connectivity index (χ0) is 12.1. The highest BCUT2D eigenvalue weighted by molar-refractivity contribution is 5.95. The molecule has 0 aromatic heterocycles. The lowest BCUT2D eigenvalue weighted by atomic mass is 9.85. The van der Waals surface area contributed by atoms with Crippen LogP contribution in [-0.2, 0) is 4.79 Å². The van der Waals surface area contributed by atoms with Crippen LogP contribution in [0.4, 0.5) is 0 Å². The quantitative estimate of drug-likeness (QED) is 0.567. The van der Waals surface area contributed by atoms with Crippen molar-refractivity contribution in [2.45, 2.75) is 12.8 Å². The second-order valence-corrected chi connectivity index (χ2v) is 3.56. The lowest BCUT2D eigenvalue weighted by Crippen LogP contribution is -2.09. The van der Waals surface area contributed by atoms with E-state index in [1.54, 1.807) is 0 Å². The normalized spacial score (nSPS) is 11.2. The molecule has 0 amide bonds. The van der Waals surface area contributed by atoms with E-state index in [1.807, 2.05) is 36.4 Å². The van der Waals surface area contributed by atoms with Gasteiger partial charge in [-0.15, -0.1) is 0 Å². The smallest absolute Gasteiger partial charge is 0.156 e. The summed E-state index contributed by atoms with van der Waals surface area (Å²) in [5.41, 5.74) is 1.61. The minimum absolute atomic E-state index is 0.120. The first-order chi connectivity index (χ1) is 7.57. The number of carbonyl (C=O) groups is 1. The predicted molar refractivity (Wildman–Crippen MR) is 63.8 cm³/mol. The van der Waals surface area contributed by atoms with Crippen molar-refractivity contribution in [1.29, 1.82) is 5.26 Å². The maximum Gasteiger partial charge on any atom is 0.156 e. The summed E-state index contributed by atoms with van der Waals surface area (Å²) in [7, 11) is 0. The summed E-state index contributed by atoms with van der Waals surface area (Å²) < 4.78 is 0. The van der Waals surface area contributed by atoms with Crippen molar-refractivity contribution in [2.24, 2.45) is 0 Å². The van der Waals surface area contributed by atoms with E-state index in [9.17, 15) is 4.79 Å². The van der Waals surface area contributed by atoms with Crippen molar-refractivity contribution in [3.63, 3.8) is 0 Å². The molecule has 0 saturated carbocycles. The van der Waals surface area contributed by atoms with Crippen LogP contribution in [-0.4, -0.2) is 5.78 Å². The van der Waals surface area contributed by atoms with Gasteiger partial charge in [0.05, 0.1) is 6.07 Å². The molecule has 1 aromatic rings. The Kier molecular flexibility index (Phi) is 3.79. The van der Waals surface area contributed by atoms with Crippen LogP contribution in [0.2, 0.25) is 0 Å². The molecule has 0 heterocycles. The first-order valence-electron chi connectivity index (χ1n) is 4.91. The van der Waals surface area contributed by atoms with Crippen molar-refractivity contribution in [2.75, 3.05) is 0 Å². The third kappa shape index (κ3) is 2.46. The third-order valence-corrected chi connectivity index (χ3v) is 2.43. The van der Waals surface area contributed by atoms with Crippen LogP contribution in [0.5, 0.6) is 0 Å². The predicted octanol–water partition coefficient (Wildman–Crippen LogP) is 3.00. The van der Waals surface area contributed by atoms with Crippen molar-refractivity contribution >= 4 is 5.78 Å². The van der Waals surface area contributed by atoms with Crippen LogP contribution in [0.25, 0.3) is 0 Å². The maximum atomic E-state index is 11.3. The number of hydrogen-bond donors (Lipinski definition) is 0. The molecule has 1 aromatic carbocycles. The Morgan fingerprint density at radius 1 is 1.31 bits per heavy atom. The number of allylic oxidation sites excluding steroid dienone is 2. The fourth-order valence-corrected chi connectivity index (χ4v) is 1.53. The topological polar surface area (TPSA) is 40.9 Å². The molecule has 0 aliphatic rings. The van der Waals surface area contributed by atoms with Gasteiger partial charge in [0, 0.05) is 17.1 Å². The average molecular weight is 211 g/mol. The molecule has 0 bridgehead atoms. The molecule has 0 N–H and O–H groups in total. The number of hydrogen-bond acceptors (Lipinski definition) is 2. The Morgan fingerprint density at radius 2 is 1.88 bits per heavy atom. The fourth-order valence-electron chi connectivity index (χ4n) is 1.53. The molecular weight excluding hydrogens is 198 g/mol. The zero-order valence-corrected chi connectivity index (χ0v) is 9.23. The SMILES string of the molecule is C=C(C#N)C(C(=C)C(C)=O)c1ccccc1. The van der Waals surface area contributed by atoms with Gasteiger partial charge in [0.2, 0.25) is 0 Å². The van der Waals surface area contributed by atoms with E-state index in [4.69, 9.17) is 5.26 Å². The molecule has 0 fully saturated rings.